The molecule has 3 aliphatic carbocycles. The Morgan fingerprint density at radius 3 is 2.82 bits per heavy atom. The van der Waals surface area contributed by atoms with Crippen molar-refractivity contribution in [2.45, 2.75) is 76.9 Å². The van der Waals surface area contributed by atoms with Crippen LogP contribution in [0.4, 0.5) is 0 Å². The number of hydrogen-bond acceptors (Lipinski definition) is 2. The van der Waals surface area contributed by atoms with Gasteiger partial charge >= 0.3 is 0 Å². The maximum Gasteiger partial charge on any atom is 0.220 e. The van der Waals surface area contributed by atoms with E-state index in [1.165, 1.54) is 12.0 Å². The van der Waals surface area contributed by atoms with Crippen LogP contribution in [0.3, 0.4) is 0 Å². The fraction of sp³-hybridized carbons (Fsp3) is 0.842. The van der Waals surface area contributed by atoms with E-state index in [2.05, 4.69) is 25.2 Å². The number of hydrogen-bond donors (Lipinski definition) is 2. The number of rotatable bonds is 0. The zero-order chi connectivity index (χ0) is 15.5. The lowest BCUT2D eigenvalue weighted by molar-refractivity contribution is -0.131. The predicted molar refractivity (Wildman–Crippen MR) is 86.2 cm³/mol. The van der Waals surface area contributed by atoms with Gasteiger partial charge in [0.1, 0.15) is 0 Å². The third-order valence-corrected chi connectivity index (χ3v) is 7.57. The van der Waals surface area contributed by atoms with E-state index in [-0.39, 0.29) is 17.6 Å². The average molecular weight is 303 g/mol. The van der Waals surface area contributed by atoms with Crippen molar-refractivity contribution in [3.8, 4) is 0 Å². The third-order valence-electron chi connectivity index (χ3n) is 7.57. The number of carbonyl (C=O) groups excluding carboxylic acids is 1. The summed E-state index contributed by atoms with van der Waals surface area (Å²) in [6.45, 7) is 4.72. The van der Waals surface area contributed by atoms with E-state index in [4.69, 9.17) is 0 Å². The Morgan fingerprint density at radius 1 is 1.18 bits per heavy atom. The zero-order valence-electron chi connectivity index (χ0n) is 13.9. The zero-order valence-corrected chi connectivity index (χ0v) is 13.9. The van der Waals surface area contributed by atoms with Crippen molar-refractivity contribution in [3.63, 3.8) is 0 Å². The minimum atomic E-state index is -0.126. The van der Waals surface area contributed by atoms with E-state index in [9.17, 15) is 9.90 Å². The van der Waals surface area contributed by atoms with E-state index in [0.29, 0.717) is 23.7 Å². The van der Waals surface area contributed by atoms with Crippen LogP contribution in [-0.2, 0) is 4.79 Å². The van der Waals surface area contributed by atoms with Crippen LogP contribution >= 0.6 is 0 Å². The van der Waals surface area contributed by atoms with Crippen LogP contribution < -0.4 is 5.32 Å². The van der Waals surface area contributed by atoms with Crippen molar-refractivity contribution in [2.24, 2.45) is 23.2 Å². The molecule has 3 nitrogen and oxygen atoms in total. The van der Waals surface area contributed by atoms with Crippen molar-refractivity contribution in [2.75, 3.05) is 0 Å². The van der Waals surface area contributed by atoms with E-state index in [1.54, 1.807) is 0 Å². The Labute approximate surface area is 133 Å². The predicted octanol–water partition coefficient (Wildman–Crippen LogP) is 3.18. The third kappa shape index (κ3) is 2.01. The van der Waals surface area contributed by atoms with Gasteiger partial charge in [-0.05, 0) is 75.0 Å². The van der Waals surface area contributed by atoms with Crippen LogP contribution in [0.25, 0.3) is 0 Å². The molecule has 0 spiro atoms. The van der Waals surface area contributed by atoms with E-state index in [1.807, 2.05) is 0 Å². The number of piperidine rings is 1. The number of aliphatic hydroxyl groups excluding tert-OH is 1. The molecule has 1 aliphatic heterocycles. The maximum absolute atomic E-state index is 11.9. The molecular formula is C19H29NO2. The normalized spacial score (nSPS) is 51.0. The molecule has 0 radical (unpaired) electrons. The van der Waals surface area contributed by atoms with E-state index in [0.717, 1.165) is 44.4 Å². The fourth-order valence-electron chi connectivity index (χ4n) is 6.32. The van der Waals surface area contributed by atoms with Gasteiger partial charge in [0, 0.05) is 12.0 Å². The van der Waals surface area contributed by atoms with Crippen molar-refractivity contribution < 1.29 is 9.90 Å². The summed E-state index contributed by atoms with van der Waals surface area (Å²) in [5.74, 6) is 2.33. The van der Waals surface area contributed by atoms with Gasteiger partial charge in [-0.15, -0.1) is 0 Å². The molecule has 0 aromatic heterocycles. The van der Waals surface area contributed by atoms with Crippen LogP contribution in [0.5, 0.6) is 0 Å². The number of fused-ring (bicyclic) bond motifs is 5. The molecule has 0 bridgehead atoms. The highest BCUT2D eigenvalue weighted by Crippen LogP contribution is 2.60. The van der Waals surface area contributed by atoms with Crippen LogP contribution in [0, 0.1) is 23.2 Å². The Kier molecular flexibility index (Phi) is 3.24. The summed E-state index contributed by atoms with van der Waals surface area (Å²) < 4.78 is 0. The summed E-state index contributed by atoms with van der Waals surface area (Å²) in [5.41, 5.74) is 1.84. The monoisotopic (exact) mass is 303 g/mol. The molecule has 2 N–H and O–H groups in total. The topological polar surface area (TPSA) is 49.3 Å². The summed E-state index contributed by atoms with van der Waals surface area (Å²) in [6.07, 6.45) is 10.6. The van der Waals surface area contributed by atoms with E-state index >= 15 is 0 Å². The van der Waals surface area contributed by atoms with Gasteiger partial charge < -0.3 is 10.4 Å². The largest absolute Gasteiger partial charge is 0.393 e. The van der Waals surface area contributed by atoms with Crippen LogP contribution in [0.2, 0.25) is 0 Å². The molecule has 1 amide bonds. The number of carbonyl (C=O) groups is 1. The quantitative estimate of drug-likeness (QED) is 0.675. The lowest BCUT2D eigenvalue weighted by atomic mass is 9.48. The molecule has 1 saturated heterocycles. The van der Waals surface area contributed by atoms with Gasteiger partial charge in [-0.1, -0.05) is 18.6 Å². The fourth-order valence-corrected chi connectivity index (χ4v) is 6.32. The Balaban J connectivity index is 1.66. The van der Waals surface area contributed by atoms with Crippen LogP contribution in [0.15, 0.2) is 11.6 Å². The Morgan fingerprint density at radius 2 is 2.00 bits per heavy atom. The second kappa shape index (κ2) is 4.83. The second-order valence-corrected chi connectivity index (χ2v) is 8.70. The first-order chi connectivity index (χ1) is 10.4. The van der Waals surface area contributed by atoms with Gasteiger partial charge in [0.25, 0.3) is 0 Å². The van der Waals surface area contributed by atoms with Crippen molar-refractivity contribution >= 4 is 5.91 Å². The molecule has 0 unspecified atom stereocenters. The molecule has 4 aliphatic rings. The number of nitrogens with one attached hydrogen (secondary N) is 1. The molecule has 3 heteroatoms. The standard InChI is InChI=1S/C19H29NO2/c1-18-9-7-13(21)11-12(18)3-4-14-15(18)8-10-19(2)16(14)5-6-17(22)20-19/h3,13-16,21H,4-11H2,1-2H3,(H,20,22)/t13-,14+,15-,16+,18+,19+/m0/s1. The average Bonchev–Trinajstić information content (AvgIpc) is 2.46. The molecule has 3 fully saturated rings. The van der Waals surface area contributed by atoms with Crippen molar-refractivity contribution in [3.05, 3.63) is 11.6 Å². The summed E-state index contributed by atoms with van der Waals surface area (Å²) in [6, 6.07) is 0. The Hall–Kier alpha value is -0.830. The maximum atomic E-state index is 11.9. The first-order valence-electron chi connectivity index (χ1n) is 9.11. The van der Waals surface area contributed by atoms with Gasteiger partial charge in [-0.25, -0.2) is 0 Å². The summed E-state index contributed by atoms with van der Waals surface area (Å²) >= 11 is 0. The summed E-state index contributed by atoms with van der Waals surface area (Å²) in [5, 5.41) is 13.3. The lowest BCUT2D eigenvalue weighted by Gasteiger charge is -2.59. The smallest absolute Gasteiger partial charge is 0.220 e. The minimum absolute atomic E-state index is 0.0202. The number of allylic oxidation sites excluding steroid dienone is 1. The first kappa shape index (κ1) is 14.7. The van der Waals surface area contributed by atoms with Gasteiger partial charge in [0.15, 0.2) is 0 Å². The van der Waals surface area contributed by atoms with E-state index < -0.39 is 0 Å². The van der Waals surface area contributed by atoms with Crippen LogP contribution in [0.1, 0.15) is 65.2 Å². The minimum Gasteiger partial charge on any atom is -0.393 e. The van der Waals surface area contributed by atoms with Crippen molar-refractivity contribution in [1.82, 2.24) is 5.32 Å². The summed E-state index contributed by atoms with van der Waals surface area (Å²) in [7, 11) is 0. The molecule has 6 atom stereocenters. The van der Waals surface area contributed by atoms with Crippen molar-refractivity contribution in [1.29, 1.82) is 0 Å². The molecule has 0 aromatic carbocycles. The highest BCUT2D eigenvalue weighted by atomic mass is 16.3. The number of amides is 1. The molecule has 0 aromatic rings. The molecular weight excluding hydrogens is 274 g/mol. The van der Waals surface area contributed by atoms with Gasteiger partial charge in [-0.3, -0.25) is 4.79 Å². The second-order valence-electron chi connectivity index (χ2n) is 8.70. The lowest BCUT2D eigenvalue weighted by Crippen LogP contribution is -2.62. The van der Waals surface area contributed by atoms with Gasteiger partial charge in [0.2, 0.25) is 5.91 Å². The Bertz CT molecular complexity index is 528. The molecule has 1 heterocycles. The van der Waals surface area contributed by atoms with Gasteiger partial charge in [0.05, 0.1) is 6.10 Å². The molecule has 2 saturated carbocycles. The van der Waals surface area contributed by atoms with Gasteiger partial charge in [-0.2, -0.15) is 0 Å². The summed E-state index contributed by atoms with van der Waals surface area (Å²) in [4.78, 5) is 11.9. The first-order valence-corrected chi connectivity index (χ1v) is 9.11. The van der Waals surface area contributed by atoms with Crippen LogP contribution in [-0.4, -0.2) is 22.7 Å². The molecule has 122 valence electrons. The SMILES string of the molecule is C[C@@]12CC[C@H]3[C@@H](CC=C4C[C@@H](O)CC[C@]43C)[C@H]1CCC(=O)N2. The number of aliphatic hydroxyl groups is 1. The molecule has 22 heavy (non-hydrogen) atoms. The highest BCUT2D eigenvalue weighted by Gasteiger charge is 2.55. The highest BCUT2D eigenvalue weighted by molar-refractivity contribution is 5.77. The molecule has 4 rings (SSSR count).